The lowest BCUT2D eigenvalue weighted by molar-refractivity contribution is -0.128. The summed E-state index contributed by atoms with van der Waals surface area (Å²) in [6.45, 7) is 0.586. The molecule has 21 heavy (non-hydrogen) atoms. The van der Waals surface area contributed by atoms with Crippen LogP contribution in [0.25, 0.3) is 0 Å². The maximum atomic E-state index is 12.6. The molecule has 116 valence electrons. The number of nitrogens with zero attached hydrogens (tertiary/aromatic N) is 2. The number of rotatable bonds is 5. The van der Waals surface area contributed by atoms with Gasteiger partial charge in [0.05, 0.1) is 10.4 Å². The van der Waals surface area contributed by atoms with Gasteiger partial charge in [-0.25, -0.2) is 0 Å². The predicted molar refractivity (Wildman–Crippen MR) is 86.8 cm³/mol. The number of aromatic nitrogens is 2. The lowest BCUT2D eigenvalue weighted by Crippen LogP contribution is -2.49. The zero-order chi connectivity index (χ0) is 15.3. The third kappa shape index (κ3) is 3.61. The van der Waals surface area contributed by atoms with Crippen LogP contribution in [-0.4, -0.2) is 27.2 Å². The van der Waals surface area contributed by atoms with Gasteiger partial charge in [-0.2, -0.15) is 5.10 Å². The Kier molecular flexibility index (Phi) is 5.33. The van der Waals surface area contributed by atoms with Crippen molar-refractivity contribution in [2.24, 2.45) is 18.2 Å². The molecule has 1 fully saturated rings. The molecule has 5 nitrogen and oxygen atoms in total. The Morgan fingerprint density at radius 2 is 2.10 bits per heavy atom. The highest BCUT2D eigenvalue weighted by molar-refractivity contribution is 7.80. The number of aryl methyl sites for hydroxylation is 1. The summed E-state index contributed by atoms with van der Waals surface area (Å²) in [5.74, 6) is -0.000863. The minimum absolute atomic E-state index is 0.000863. The Balaban J connectivity index is 1.95. The first-order valence-electron chi connectivity index (χ1n) is 7.61. The fourth-order valence-corrected chi connectivity index (χ4v) is 3.33. The SMILES string of the molecule is Cn1nccc1CCNC(=O)C1(C(N)=S)CCCCCC1. The summed E-state index contributed by atoms with van der Waals surface area (Å²) in [6.07, 6.45) is 8.44. The lowest BCUT2D eigenvalue weighted by atomic mass is 9.79. The summed E-state index contributed by atoms with van der Waals surface area (Å²) in [5.41, 5.74) is 6.38. The van der Waals surface area contributed by atoms with Gasteiger partial charge < -0.3 is 11.1 Å². The first-order valence-corrected chi connectivity index (χ1v) is 8.02. The number of nitrogens with two attached hydrogens (primary N) is 1. The van der Waals surface area contributed by atoms with Gasteiger partial charge in [0, 0.05) is 31.9 Å². The first-order chi connectivity index (χ1) is 10.1. The summed E-state index contributed by atoms with van der Waals surface area (Å²) in [4.78, 5) is 13.0. The van der Waals surface area contributed by atoms with Crippen molar-refractivity contribution in [3.8, 4) is 0 Å². The minimum Gasteiger partial charge on any atom is -0.392 e. The molecule has 0 bridgehead atoms. The van der Waals surface area contributed by atoms with Crippen LogP contribution >= 0.6 is 12.2 Å². The summed E-state index contributed by atoms with van der Waals surface area (Å²) < 4.78 is 1.82. The van der Waals surface area contributed by atoms with Crippen LogP contribution in [0.2, 0.25) is 0 Å². The van der Waals surface area contributed by atoms with Gasteiger partial charge in [0.25, 0.3) is 0 Å². The molecule has 0 unspecified atom stereocenters. The maximum absolute atomic E-state index is 12.6. The second-order valence-corrected chi connectivity index (χ2v) is 6.25. The van der Waals surface area contributed by atoms with E-state index in [1.165, 1.54) is 0 Å². The van der Waals surface area contributed by atoms with Crippen LogP contribution in [0.1, 0.15) is 44.2 Å². The van der Waals surface area contributed by atoms with Crippen LogP contribution in [0.15, 0.2) is 12.3 Å². The van der Waals surface area contributed by atoms with E-state index in [2.05, 4.69) is 10.4 Å². The topological polar surface area (TPSA) is 72.9 Å². The first kappa shape index (κ1) is 15.9. The van der Waals surface area contributed by atoms with E-state index in [4.69, 9.17) is 18.0 Å². The quantitative estimate of drug-likeness (QED) is 0.641. The van der Waals surface area contributed by atoms with Crippen LogP contribution in [-0.2, 0) is 18.3 Å². The summed E-state index contributed by atoms with van der Waals surface area (Å²) in [5, 5.41) is 7.14. The van der Waals surface area contributed by atoms with Crippen molar-refractivity contribution in [3.63, 3.8) is 0 Å². The van der Waals surface area contributed by atoms with Gasteiger partial charge in [0.15, 0.2) is 0 Å². The van der Waals surface area contributed by atoms with Crippen molar-refractivity contribution < 1.29 is 4.79 Å². The molecule has 0 atom stereocenters. The number of hydrogen-bond donors (Lipinski definition) is 2. The molecule has 6 heteroatoms. The molecule has 0 saturated heterocycles. The number of carbonyl (C=O) groups excluding carboxylic acids is 1. The van der Waals surface area contributed by atoms with E-state index in [0.29, 0.717) is 11.5 Å². The molecular weight excluding hydrogens is 284 g/mol. The molecule has 1 aromatic heterocycles. The highest BCUT2D eigenvalue weighted by Gasteiger charge is 2.41. The van der Waals surface area contributed by atoms with E-state index in [9.17, 15) is 4.79 Å². The second kappa shape index (κ2) is 7.02. The molecule has 1 heterocycles. The summed E-state index contributed by atoms with van der Waals surface area (Å²) in [6, 6.07) is 1.96. The van der Waals surface area contributed by atoms with Crippen molar-refractivity contribution in [3.05, 3.63) is 18.0 Å². The van der Waals surface area contributed by atoms with Gasteiger partial charge >= 0.3 is 0 Å². The zero-order valence-electron chi connectivity index (χ0n) is 12.6. The van der Waals surface area contributed by atoms with Crippen molar-refractivity contribution >= 4 is 23.1 Å². The minimum atomic E-state index is -0.641. The van der Waals surface area contributed by atoms with Crippen molar-refractivity contribution in [1.82, 2.24) is 15.1 Å². The molecule has 1 aromatic rings. The molecule has 1 aliphatic carbocycles. The molecule has 3 N–H and O–H groups in total. The van der Waals surface area contributed by atoms with Gasteiger partial charge in [-0.3, -0.25) is 9.48 Å². The number of amides is 1. The van der Waals surface area contributed by atoms with E-state index in [0.717, 1.165) is 50.6 Å². The standard InChI is InChI=1S/C15H24N4OS/c1-19-12(7-11-18-19)6-10-17-14(20)15(13(16)21)8-4-2-3-5-9-15/h7,11H,2-6,8-10H2,1H3,(H2,16,21)(H,17,20). The fourth-order valence-electron chi connectivity index (χ4n) is 3.04. The van der Waals surface area contributed by atoms with Crippen molar-refractivity contribution in [2.45, 2.75) is 44.9 Å². The molecular formula is C15H24N4OS. The van der Waals surface area contributed by atoms with Crippen LogP contribution in [0.3, 0.4) is 0 Å². The zero-order valence-corrected chi connectivity index (χ0v) is 13.4. The monoisotopic (exact) mass is 308 g/mol. The van der Waals surface area contributed by atoms with Gasteiger partial charge in [-0.05, 0) is 18.9 Å². The predicted octanol–water partition coefficient (Wildman–Crippen LogP) is 1.71. The van der Waals surface area contributed by atoms with E-state index in [1.807, 2.05) is 17.8 Å². The van der Waals surface area contributed by atoms with Crippen molar-refractivity contribution in [2.75, 3.05) is 6.54 Å². The number of nitrogens with one attached hydrogen (secondary N) is 1. The van der Waals surface area contributed by atoms with E-state index in [1.54, 1.807) is 6.20 Å². The third-order valence-corrected chi connectivity index (χ3v) is 4.84. The highest BCUT2D eigenvalue weighted by Crippen LogP contribution is 2.35. The molecule has 1 saturated carbocycles. The van der Waals surface area contributed by atoms with Crippen LogP contribution in [0.5, 0.6) is 0 Å². The Labute approximate surface area is 131 Å². The second-order valence-electron chi connectivity index (χ2n) is 5.81. The van der Waals surface area contributed by atoms with Crippen LogP contribution in [0, 0.1) is 5.41 Å². The molecule has 0 aromatic carbocycles. The molecule has 1 amide bonds. The lowest BCUT2D eigenvalue weighted by Gasteiger charge is -2.30. The number of thiocarbonyl (C=S) groups is 1. The Morgan fingerprint density at radius 3 is 2.62 bits per heavy atom. The van der Waals surface area contributed by atoms with E-state index >= 15 is 0 Å². The average Bonchev–Trinajstić information content (AvgIpc) is 2.73. The molecule has 0 radical (unpaired) electrons. The number of hydrogen-bond acceptors (Lipinski definition) is 3. The third-order valence-electron chi connectivity index (χ3n) is 4.45. The van der Waals surface area contributed by atoms with Gasteiger partial charge in [0.1, 0.15) is 0 Å². The van der Waals surface area contributed by atoms with Gasteiger partial charge in [-0.15, -0.1) is 0 Å². The van der Waals surface area contributed by atoms with Gasteiger partial charge in [0.2, 0.25) is 5.91 Å². The Hall–Kier alpha value is -1.43. The molecule has 0 spiro atoms. The Morgan fingerprint density at radius 1 is 1.43 bits per heavy atom. The summed E-state index contributed by atoms with van der Waals surface area (Å²) in [7, 11) is 1.90. The Bertz CT molecular complexity index is 504. The van der Waals surface area contributed by atoms with Gasteiger partial charge in [-0.1, -0.05) is 37.9 Å². The van der Waals surface area contributed by atoms with E-state index < -0.39 is 5.41 Å². The average molecular weight is 308 g/mol. The van der Waals surface area contributed by atoms with Crippen LogP contribution in [0.4, 0.5) is 0 Å². The van der Waals surface area contributed by atoms with Crippen LogP contribution < -0.4 is 11.1 Å². The molecule has 0 aliphatic heterocycles. The normalized spacial score (nSPS) is 18.0. The van der Waals surface area contributed by atoms with Crippen molar-refractivity contribution in [1.29, 1.82) is 0 Å². The largest absolute Gasteiger partial charge is 0.392 e. The molecule has 2 rings (SSSR count). The summed E-state index contributed by atoms with van der Waals surface area (Å²) >= 11 is 5.22. The van der Waals surface area contributed by atoms with E-state index in [-0.39, 0.29) is 5.91 Å². The number of carbonyl (C=O) groups is 1. The fraction of sp³-hybridized carbons (Fsp3) is 0.667. The smallest absolute Gasteiger partial charge is 0.233 e. The highest BCUT2D eigenvalue weighted by atomic mass is 32.1. The maximum Gasteiger partial charge on any atom is 0.233 e. The molecule has 1 aliphatic rings.